The summed E-state index contributed by atoms with van der Waals surface area (Å²) in [6.45, 7) is 0. The van der Waals surface area contributed by atoms with Gasteiger partial charge in [0, 0.05) is 10.6 Å². The topological polar surface area (TPSA) is 33.0 Å². The summed E-state index contributed by atoms with van der Waals surface area (Å²) in [5.74, 6) is 0.741. The molecule has 2 nitrogen and oxygen atoms in total. The Morgan fingerprint density at radius 1 is 1.04 bits per heavy atom. The Bertz CT molecular complexity index is 921. The third-order valence-electron chi connectivity index (χ3n) is 3.71. The molecule has 0 saturated carbocycles. The van der Waals surface area contributed by atoms with Crippen LogP contribution >= 0.6 is 11.6 Å². The van der Waals surface area contributed by atoms with E-state index in [1.165, 1.54) is 0 Å². The van der Waals surface area contributed by atoms with Gasteiger partial charge in [-0.15, -0.1) is 0 Å². The van der Waals surface area contributed by atoms with Crippen LogP contribution in [0.2, 0.25) is 5.02 Å². The molecule has 0 heterocycles. The van der Waals surface area contributed by atoms with E-state index in [0.717, 1.165) is 27.6 Å². The van der Waals surface area contributed by atoms with Crippen LogP contribution in [0.5, 0.6) is 5.75 Å². The SMILES string of the molecule is COc1ccc2ccccc2c1/C=C(/C#N)c1ccc(Cl)cc1. The minimum atomic E-state index is 0.566. The monoisotopic (exact) mass is 319 g/mol. The van der Waals surface area contributed by atoms with Crippen molar-refractivity contribution in [2.24, 2.45) is 0 Å². The van der Waals surface area contributed by atoms with Gasteiger partial charge in [-0.25, -0.2) is 0 Å². The summed E-state index contributed by atoms with van der Waals surface area (Å²) < 4.78 is 5.48. The van der Waals surface area contributed by atoms with Crippen molar-refractivity contribution in [1.82, 2.24) is 0 Å². The van der Waals surface area contributed by atoms with E-state index in [0.29, 0.717) is 10.6 Å². The van der Waals surface area contributed by atoms with Crippen LogP contribution in [0.15, 0.2) is 60.7 Å². The second-order valence-electron chi connectivity index (χ2n) is 5.08. The van der Waals surface area contributed by atoms with E-state index in [1.807, 2.05) is 54.6 Å². The number of nitriles is 1. The number of hydrogen-bond donors (Lipinski definition) is 0. The van der Waals surface area contributed by atoms with Gasteiger partial charge in [-0.05, 0) is 40.6 Å². The van der Waals surface area contributed by atoms with Gasteiger partial charge in [-0.3, -0.25) is 0 Å². The predicted octanol–water partition coefficient (Wildman–Crippen LogP) is 5.57. The van der Waals surface area contributed by atoms with Gasteiger partial charge in [-0.2, -0.15) is 5.26 Å². The molecule has 0 amide bonds. The molecule has 3 aromatic carbocycles. The fourth-order valence-electron chi connectivity index (χ4n) is 2.56. The Morgan fingerprint density at radius 2 is 1.78 bits per heavy atom. The Hall–Kier alpha value is -2.76. The van der Waals surface area contributed by atoms with Crippen LogP contribution in [0.1, 0.15) is 11.1 Å². The molecule has 3 aromatic rings. The second kappa shape index (κ2) is 6.56. The molecule has 0 aliphatic carbocycles. The zero-order valence-corrected chi connectivity index (χ0v) is 13.3. The van der Waals surface area contributed by atoms with E-state index in [-0.39, 0.29) is 0 Å². The summed E-state index contributed by atoms with van der Waals surface area (Å²) >= 11 is 5.92. The number of nitrogens with zero attached hydrogens (tertiary/aromatic N) is 1. The minimum Gasteiger partial charge on any atom is -0.496 e. The normalized spacial score (nSPS) is 11.3. The summed E-state index contributed by atoms with van der Waals surface area (Å²) in [4.78, 5) is 0. The molecule has 0 spiro atoms. The molecule has 0 aromatic heterocycles. The van der Waals surface area contributed by atoms with Crippen molar-refractivity contribution in [2.75, 3.05) is 7.11 Å². The van der Waals surface area contributed by atoms with Crippen molar-refractivity contribution < 1.29 is 4.74 Å². The Balaban J connectivity index is 2.22. The van der Waals surface area contributed by atoms with Crippen molar-refractivity contribution >= 4 is 34.0 Å². The molecule has 0 radical (unpaired) electrons. The second-order valence-corrected chi connectivity index (χ2v) is 5.52. The van der Waals surface area contributed by atoms with Crippen LogP contribution in [0.4, 0.5) is 0 Å². The summed E-state index contributed by atoms with van der Waals surface area (Å²) in [5.41, 5.74) is 2.29. The number of rotatable bonds is 3. The van der Waals surface area contributed by atoms with Crippen molar-refractivity contribution in [2.45, 2.75) is 0 Å². The molecule has 0 saturated heterocycles. The molecule has 0 fully saturated rings. The third kappa shape index (κ3) is 3.06. The molecule has 0 bridgehead atoms. The van der Waals surface area contributed by atoms with Gasteiger partial charge < -0.3 is 4.74 Å². The fourth-order valence-corrected chi connectivity index (χ4v) is 2.68. The molecule has 0 aliphatic heterocycles. The number of benzene rings is 3. The molecular formula is C20H14ClNO. The highest BCUT2D eigenvalue weighted by Gasteiger charge is 2.09. The van der Waals surface area contributed by atoms with Gasteiger partial charge in [0.05, 0.1) is 18.8 Å². The highest BCUT2D eigenvalue weighted by atomic mass is 35.5. The first-order chi connectivity index (χ1) is 11.2. The Labute approximate surface area is 140 Å². The lowest BCUT2D eigenvalue weighted by molar-refractivity contribution is 0.414. The van der Waals surface area contributed by atoms with Crippen LogP contribution in [0.25, 0.3) is 22.4 Å². The van der Waals surface area contributed by atoms with Crippen molar-refractivity contribution in [1.29, 1.82) is 5.26 Å². The van der Waals surface area contributed by atoms with Gasteiger partial charge in [0.25, 0.3) is 0 Å². The lowest BCUT2D eigenvalue weighted by Gasteiger charge is -2.10. The summed E-state index contributed by atoms with van der Waals surface area (Å²) in [6.07, 6.45) is 1.87. The largest absolute Gasteiger partial charge is 0.496 e. The van der Waals surface area contributed by atoms with E-state index in [1.54, 1.807) is 19.2 Å². The number of hydrogen-bond acceptors (Lipinski definition) is 2. The standard InChI is InChI=1S/C20H14ClNO/c1-23-20-11-8-15-4-2-3-5-18(15)19(20)12-16(13-22)14-6-9-17(21)10-7-14/h2-12H,1H3/b16-12-. The first-order valence-corrected chi connectivity index (χ1v) is 7.54. The Morgan fingerprint density at radius 3 is 2.48 bits per heavy atom. The van der Waals surface area contributed by atoms with Gasteiger partial charge in [0.2, 0.25) is 0 Å². The molecular weight excluding hydrogens is 306 g/mol. The quantitative estimate of drug-likeness (QED) is 0.467. The lowest BCUT2D eigenvalue weighted by Crippen LogP contribution is -1.90. The summed E-state index contributed by atoms with van der Waals surface area (Å²) in [6, 6.07) is 21.5. The van der Waals surface area contributed by atoms with E-state index >= 15 is 0 Å². The van der Waals surface area contributed by atoms with Gasteiger partial charge in [0.1, 0.15) is 5.75 Å². The van der Waals surface area contributed by atoms with Crippen molar-refractivity contribution in [3.8, 4) is 11.8 Å². The molecule has 0 N–H and O–H groups in total. The molecule has 112 valence electrons. The van der Waals surface area contributed by atoms with Crippen LogP contribution in [-0.4, -0.2) is 7.11 Å². The minimum absolute atomic E-state index is 0.566. The smallest absolute Gasteiger partial charge is 0.126 e. The number of halogens is 1. The average molecular weight is 320 g/mol. The molecule has 3 rings (SSSR count). The van der Waals surface area contributed by atoms with Crippen molar-refractivity contribution in [3.05, 3.63) is 76.8 Å². The molecule has 0 unspecified atom stereocenters. The zero-order valence-electron chi connectivity index (χ0n) is 12.6. The number of methoxy groups -OCH3 is 1. The first kappa shape index (κ1) is 15.1. The van der Waals surface area contributed by atoms with Gasteiger partial charge in [-0.1, -0.05) is 54.1 Å². The van der Waals surface area contributed by atoms with Gasteiger partial charge >= 0.3 is 0 Å². The Kier molecular flexibility index (Phi) is 4.32. The van der Waals surface area contributed by atoms with Crippen LogP contribution < -0.4 is 4.74 Å². The van der Waals surface area contributed by atoms with E-state index in [2.05, 4.69) is 6.07 Å². The number of allylic oxidation sites excluding steroid dienone is 1. The molecule has 0 aliphatic rings. The summed E-state index contributed by atoms with van der Waals surface area (Å²) in [7, 11) is 1.63. The molecule has 23 heavy (non-hydrogen) atoms. The maximum Gasteiger partial charge on any atom is 0.126 e. The lowest BCUT2D eigenvalue weighted by atomic mass is 9.99. The summed E-state index contributed by atoms with van der Waals surface area (Å²) in [5, 5.41) is 12.4. The van der Waals surface area contributed by atoms with E-state index < -0.39 is 0 Å². The maximum atomic E-state index is 9.55. The zero-order chi connectivity index (χ0) is 16.2. The van der Waals surface area contributed by atoms with E-state index in [9.17, 15) is 5.26 Å². The van der Waals surface area contributed by atoms with E-state index in [4.69, 9.17) is 16.3 Å². The third-order valence-corrected chi connectivity index (χ3v) is 3.97. The maximum absolute atomic E-state index is 9.55. The fraction of sp³-hybridized carbons (Fsp3) is 0.0500. The first-order valence-electron chi connectivity index (χ1n) is 7.16. The van der Waals surface area contributed by atoms with Gasteiger partial charge in [0.15, 0.2) is 0 Å². The molecule has 0 atom stereocenters. The highest BCUT2D eigenvalue weighted by Crippen LogP contribution is 2.31. The number of ether oxygens (including phenoxy) is 1. The van der Waals surface area contributed by atoms with Crippen LogP contribution in [0, 0.1) is 11.3 Å². The molecule has 3 heteroatoms. The predicted molar refractivity (Wildman–Crippen MR) is 95.4 cm³/mol. The average Bonchev–Trinajstić information content (AvgIpc) is 2.60. The highest BCUT2D eigenvalue weighted by molar-refractivity contribution is 6.30. The van der Waals surface area contributed by atoms with Crippen molar-refractivity contribution in [3.63, 3.8) is 0 Å². The van der Waals surface area contributed by atoms with Crippen LogP contribution in [-0.2, 0) is 0 Å². The number of fused-ring (bicyclic) bond motifs is 1. The van der Waals surface area contributed by atoms with Crippen LogP contribution in [0.3, 0.4) is 0 Å².